The van der Waals surface area contributed by atoms with Gasteiger partial charge in [0, 0.05) is 6.42 Å². The fourth-order valence-electron chi connectivity index (χ4n) is 4.66. The standard InChI is InChI=1S/C29H46O2/c1-4-5-6-7-11-14-26(24-27-18-22-29(31-3)23-19-27)15-12-9-8-10-13-25-16-20-28(30-2)21-17-25/h16,18-20,22-23,26H,4-15,17,21,24H2,1-3H3. The zero-order valence-electron chi connectivity index (χ0n) is 20.5. The van der Waals surface area contributed by atoms with Crippen LogP contribution in [0, 0.1) is 5.92 Å². The van der Waals surface area contributed by atoms with Gasteiger partial charge in [0.1, 0.15) is 5.75 Å². The highest BCUT2D eigenvalue weighted by Gasteiger charge is 2.11. The molecular formula is C29H46O2. The second kappa shape index (κ2) is 16.0. The van der Waals surface area contributed by atoms with Crippen LogP contribution in [-0.2, 0) is 11.2 Å². The predicted molar refractivity (Wildman–Crippen MR) is 134 cm³/mol. The van der Waals surface area contributed by atoms with Gasteiger partial charge in [0.15, 0.2) is 0 Å². The molecule has 0 fully saturated rings. The smallest absolute Gasteiger partial charge is 0.118 e. The summed E-state index contributed by atoms with van der Waals surface area (Å²) in [6.07, 6.45) is 24.3. The Morgan fingerprint density at radius 1 is 0.742 bits per heavy atom. The van der Waals surface area contributed by atoms with Crippen molar-refractivity contribution in [3.8, 4) is 5.75 Å². The van der Waals surface area contributed by atoms with Crippen LogP contribution in [0.3, 0.4) is 0 Å². The fraction of sp³-hybridized carbons (Fsp3) is 0.655. The van der Waals surface area contributed by atoms with Crippen molar-refractivity contribution in [3.63, 3.8) is 0 Å². The monoisotopic (exact) mass is 426 g/mol. The Labute approximate surface area is 192 Å². The number of unbranched alkanes of at least 4 members (excludes halogenated alkanes) is 7. The molecule has 1 atom stereocenters. The van der Waals surface area contributed by atoms with Crippen LogP contribution < -0.4 is 4.74 Å². The summed E-state index contributed by atoms with van der Waals surface area (Å²) >= 11 is 0. The molecular weight excluding hydrogens is 380 g/mol. The summed E-state index contributed by atoms with van der Waals surface area (Å²) in [6.45, 7) is 2.30. The lowest BCUT2D eigenvalue weighted by atomic mass is 9.88. The van der Waals surface area contributed by atoms with Gasteiger partial charge in [-0.15, -0.1) is 0 Å². The molecule has 0 amide bonds. The van der Waals surface area contributed by atoms with Crippen molar-refractivity contribution < 1.29 is 9.47 Å². The van der Waals surface area contributed by atoms with Gasteiger partial charge in [-0.2, -0.15) is 0 Å². The van der Waals surface area contributed by atoms with Gasteiger partial charge in [-0.1, -0.05) is 94.9 Å². The van der Waals surface area contributed by atoms with Gasteiger partial charge < -0.3 is 9.47 Å². The van der Waals surface area contributed by atoms with Crippen LogP contribution in [0.25, 0.3) is 0 Å². The Hall–Kier alpha value is -1.70. The average molecular weight is 427 g/mol. The summed E-state index contributed by atoms with van der Waals surface area (Å²) in [6, 6.07) is 8.73. The van der Waals surface area contributed by atoms with E-state index in [1.54, 1.807) is 19.8 Å². The fourth-order valence-corrected chi connectivity index (χ4v) is 4.66. The molecule has 2 nitrogen and oxygen atoms in total. The Bertz CT molecular complexity index is 641. The molecule has 31 heavy (non-hydrogen) atoms. The van der Waals surface area contributed by atoms with Crippen LogP contribution >= 0.6 is 0 Å². The average Bonchev–Trinajstić information content (AvgIpc) is 2.81. The quantitative estimate of drug-likeness (QED) is 0.232. The van der Waals surface area contributed by atoms with Gasteiger partial charge >= 0.3 is 0 Å². The zero-order chi connectivity index (χ0) is 22.2. The number of hydrogen-bond acceptors (Lipinski definition) is 2. The van der Waals surface area contributed by atoms with Crippen LogP contribution in [0.2, 0.25) is 0 Å². The third-order valence-corrected chi connectivity index (χ3v) is 6.72. The molecule has 1 aliphatic rings. The molecule has 174 valence electrons. The van der Waals surface area contributed by atoms with E-state index in [-0.39, 0.29) is 0 Å². The SMILES string of the molecule is CCCCCCCC(CCCCCCC1=CC=C(OC)CC1)Cc1ccc(OC)cc1. The van der Waals surface area contributed by atoms with E-state index in [0.717, 1.165) is 23.8 Å². The first-order valence-corrected chi connectivity index (χ1v) is 12.8. The van der Waals surface area contributed by atoms with Crippen molar-refractivity contribution in [2.24, 2.45) is 5.92 Å². The van der Waals surface area contributed by atoms with Crippen LogP contribution in [0.1, 0.15) is 102 Å². The second-order valence-electron chi connectivity index (χ2n) is 9.24. The normalized spacial score (nSPS) is 14.7. The van der Waals surface area contributed by atoms with Crippen molar-refractivity contribution in [3.05, 3.63) is 53.3 Å². The highest BCUT2D eigenvalue weighted by Crippen LogP contribution is 2.26. The van der Waals surface area contributed by atoms with Crippen molar-refractivity contribution in [1.82, 2.24) is 0 Å². The molecule has 0 N–H and O–H groups in total. The van der Waals surface area contributed by atoms with Gasteiger partial charge in [0.05, 0.1) is 20.0 Å². The Balaban J connectivity index is 1.68. The second-order valence-corrected chi connectivity index (χ2v) is 9.24. The summed E-state index contributed by atoms with van der Waals surface area (Å²) in [5.41, 5.74) is 3.07. The molecule has 0 radical (unpaired) electrons. The summed E-state index contributed by atoms with van der Waals surface area (Å²) in [4.78, 5) is 0. The first-order valence-electron chi connectivity index (χ1n) is 12.8. The number of allylic oxidation sites excluding steroid dienone is 4. The lowest BCUT2D eigenvalue weighted by Crippen LogP contribution is -2.05. The van der Waals surface area contributed by atoms with Crippen LogP contribution in [-0.4, -0.2) is 14.2 Å². The van der Waals surface area contributed by atoms with Gasteiger partial charge in [0.2, 0.25) is 0 Å². The minimum absolute atomic E-state index is 0.827. The summed E-state index contributed by atoms with van der Waals surface area (Å²) < 4.78 is 10.7. The third kappa shape index (κ3) is 10.9. The summed E-state index contributed by atoms with van der Waals surface area (Å²) in [5, 5.41) is 0. The molecule has 2 rings (SSSR count). The van der Waals surface area contributed by atoms with Crippen molar-refractivity contribution in [2.75, 3.05) is 14.2 Å². The summed E-state index contributed by atoms with van der Waals surface area (Å²) in [7, 11) is 3.52. The van der Waals surface area contributed by atoms with Gasteiger partial charge in [-0.05, 0) is 55.4 Å². The van der Waals surface area contributed by atoms with Crippen LogP contribution in [0.4, 0.5) is 0 Å². The number of rotatable bonds is 17. The number of hydrogen-bond donors (Lipinski definition) is 0. The maximum absolute atomic E-state index is 5.33. The molecule has 1 unspecified atom stereocenters. The van der Waals surface area contributed by atoms with Crippen LogP contribution in [0.15, 0.2) is 47.7 Å². The van der Waals surface area contributed by atoms with Crippen molar-refractivity contribution in [1.29, 1.82) is 0 Å². The topological polar surface area (TPSA) is 18.5 Å². The number of methoxy groups -OCH3 is 2. The van der Waals surface area contributed by atoms with E-state index in [1.165, 1.54) is 95.5 Å². The molecule has 0 aromatic heterocycles. The third-order valence-electron chi connectivity index (χ3n) is 6.72. The van der Waals surface area contributed by atoms with Crippen molar-refractivity contribution >= 4 is 0 Å². The Kier molecular flexibility index (Phi) is 13.2. The first kappa shape index (κ1) is 25.6. The van der Waals surface area contributed by atoms with Crippen molar-refractivity contribution in [2.45, 2.75) is 103 Å². The van der Waals surface area contributed by atoms with E-state index in [1.807, 2.05) is 0 Å². The van der Waals surface area contributed by atoms with Gasteiger partial charge in [-0.3, -0.25) is 0 Å². The largest absolute Gasteiger partial charge is 0.501 e. The van der Waals surface area contributed by atoms with Gasteiger partial charge in [-0.25, -0.2) is 0 Å². The molecule has 1 aromatic carbocycles. The first-order chi connectivity index (χ1) is 15.2. The number of benzene rings is 1. The van der Waals surface area contributed by atoms with Gasteiger partial charge in [0.25, 0.3) is 0 Å². The molecule has 1 aliphatic carbocycles. The number of ether oxygens (including phenoxy) is 2. The van der Waals surface area contributed by atoms with E-state index in [2.05, 4.69) is 43.3 Å². The highest BCUT2D eigenvalue weighted by atomic mass is 16.5. The molecule has 0 heterocycles. The molecule has 0 saturated heterocycles. The maximum atomic E-state index is 5.33. The molecule has 0 bridgehead atoms. The van der Waals surface area contributed by atoms with E-state index >= 15 is 0 Å². The molecule has 2 heteroatoms. The zero-order valence-corrected chi connectivity index (χ0v) is 20.5. The highest BCUT2D eigenvalue weighted by molar-refractivity contribution is 5.27. The molecule has 0 spiro atoms. The van der Waals surface area contributed by atoms with E-state index < -0.39 is 0 Å². The molecule has 1 aromatic rings. The lowest BCUT2D eigenvalue weighted by Gasteiger charge is -2.18. The predicted octanol–water partition coefficient (Wildman–Crippen LogP) is 8.81. The Morgan fingerprint density at radius 3 is 2.00 bits per heavy atom. The molecule has 0 saturated carbocycles. The van der Waals surface area contributed by atoms with Crippen LogP contribution in [0.5, 0.6) is 5.75 Å². The lowest BCUT2D eigenvalue weighted by molar-refractivity contribution is 0.275. The molecule has 0 aliphatic heterocycles. The van der Waals surface area contributed by atoms with E-state index in [9.17, 15) is 0 Å². The Morgan fingerprint density at radius 2 is 1.42 bits per heavy atom. The maximum Gasteiger partial charge on any atom is 0.118 e. The minimum Gasteiger partial charge on any atom is -0.501 e. The van der Waals surface area contributed by atoms with E-state index in [0.29, 0.717) is 0 Å². The van der Waals surface area contributed by atoms with E-state index in [4.69, 9.17) is 9.47 Å². The summed E-state index contributed by atoms with van der Waals surface area (Å²) in [5.74, 6) is 2.91. The minimum atomic E-state index is 0.827.